The molecule has 1 rings (SSSR count). The Balaban J connectivity index is 2.00. The Labute approximate surface area is 121 Å². The van der Waals surface area contributed by atoms with Gasteiger partial charge in [0.25, 0.3) is 0 Å². The van der Waals surface area contributed by atoms with Crippen molar-refractivity contribution in [2.24, 2.45) is 0 Å². The van der Waals surface area contributed by atoms with Crippen molar-refractivity contribution < 1.29 is 4.74 Å². The van der Waals surface area contributed by atoms with Gasteiger partial charge in [-0.3, -0.25) is 0 Å². The predicted octanol–water partition coefficient (Wildman–Crippen LogP) is 4.89. The van der Waals surface area contributed by atoms with Crippen LogP contribution in [0.5, 0.6) is 5.75 Å². The Morgan fingerprint density at radius 2 is 1.50 bits per heavy atom. The summed E-state index contributed by atoms with van der Waals surface area (Å²) < 4.78 is 5.70. The quantitative estimate of drug-likeness (QED) is 0.340. The largest absolute Gasteiger partial charge is 0.494 e. The third kappa shape index (κ3) is 7.10. The summed E-state index contributed by atoms with van der Waals surface area (Å²) in [4.78, 5) is 0. The minimum Gasteiger partial charge on any atom is -0.494 e. The minimum absolute atomic E-state index is 0.824. The van der Waals surface area contributed by atoms with E-state index in [9.17, 15) is 0 Å². The van der Waals surface area contributed by atoms with Crippen LogP contribution in [0.4, 0.5) is 0 Å². The van der Waals surface area contributed by atoms with Crippen LogP contribution in [0.2, 0.25) is 6.32 Å². The molecule has 1 aromatic rings. The fraction of sp³-hybridized carbons (Fsp3) is 0.600. The van der Waals surface area contributed by atoms with Gasteiger partial charge in [-0.25, -0.2) is 0 Å². The number of rotatable bonds is 10. The molecule has 0 N–H and O–H groups in total. The third-order valence-electron chi connectivity index (χ3n) is 2.94. The zero-order chi connectivity index (χ0) is 13.1. The van der Waals surface area contributed by atoms with Crippen LogP contribution in [-0.4, -0.2) is 14.5 Å². The first-order chi connectivity index (χ1) is 8.86. The monoisotopic (exact) mass is 308 g/mol. The highest BCUT2D eigenvalue weighted by molar-refractivity contribution is 9.08. The lowest BCUT2D eigenvalue weighted by Crippen LogP contribution is -1.97. The van der Waals surface area contributed by atoms with Crippen LogP contribution in [0, 0.1) is 0 Å². The van der Waals surface area contributed by atoms with Gasteiger partial charge in [0.1, 0.15) is 5.75 Å². The fourth-order valence-electron chi connectivity index (χ4n) is 1.82. The molecule has 0 aliphatic rings. The molecule has 3 heteroatoms. The van der Waals surface area contributed by atoms with E-state index in [-0.39, 0.29) is 0 Å². The van der Waals surface area contributed by atoms with Crippen molar-refractivity contribution in [1.82, 2.24) is 0 Å². The standard InChI is InChI=1S/C15H22BBrO/c16-11-5-3-1-2-4-6-12-18-15-9-7-14(13-17)8-10-15/h7-10H,1-6,11-13H2. The lowest BCUT2D eigenvalue weighted by molar-refractivity contribution is 0.304. The molecule has 0 heterocycles. The molecular weight excluding hydrogens is 287 g/mol. The molecule has 0 atom stereocenters. The number of hydrogen-bond acceptors (Lipinski definition) is 1. The molecule has 0 aromatic heterocycles. The van der Waals surface area contributed by atoms with E-state index in [0.29, 0.717) is 0 Å². The molecule has 2 radical (unpaired) electrons. The van der Waals surface area contributed by atoms with Crippen molar-refractivity contribution in [3.05, 3.63) is 29.8 Å². The van der Waals surface area contributed by atoms with Crippen LogP contribution in [0.15, 0.2) is 24.3 Å². The molecule has 0 unspecified atom stereocenters. The van der Waals surface area contributed by atoms with Gasteiger partial charge in [0.15, 0.2) is 0 Å². The molecule has 98 valence electrons. The van der Waals surface area contributed by atoms with Gasteiger partial charge in [-0.15, -0.1) is 0 Å². The first-order valence-electron chi connectivity index (χ1n) is 6.84. The van der Waals surface area contributed by atoms with E-state index in [1.54, 1.807) is 0 Å². The molecule has 0 amide bonds. The molecule has 1 nitrogen and oxygen atoms in total. The highest BCUT2D eigenvalue weighted by atomic mass is 79.9. The fourth-order valence-corrected chi connectivity index (χ4v) is 2.19. The summed E-state index contributed by atoms with van der Waals surface area (Å²) in [5, 5.41) is 0.899. The minimum atomic E-state index is 0.824. The van der Waals surface area contributed by atoms with Gasteiger partial charge in [0.2, 0.25) is 0 Å². The molecular formula is C15H22BBrO. The number of ether oxygens (including phenoxy) is 1. The molecule has 0 saturated heterocycles. The van der Waals surface area contributed by atoms with Gasteiger partial charge in [-0.05, 0) is 24.1 Å². The maximum atomic E-state index is 5.70. The molecule has 0 aliphatic heterocycles. The van der Waals surface area contributed by atoms with Crippen molar-refractivity contribution >= 4 is 23.8 Å². The van der Waals surface area contributed by atoms with E-state index >= 15 is 0 Å². The van der Waals surface area contributed by atoms with E-state index in [2.05, 4.69) is 28.1 Å². The first-order valence-corrected chi connectivity index (χ1v) is 7.96. The van der Waals surface area contributed by atoms with Gasteiger partial charge < -0.3 is 4.74 Å². The second-order valence-electron chi connectivity index (χ2n) is 4.54. The highest BCUT2D eigenvalue weighted by Gasteiger charge is 1.95. The van der Waals surface area contributed by atoms with Gasteiger partial charge in [-0.2, -0.15) is 0 Å². The predicted molar refractivity (Wildman–Crippen MR) is 82.8 cm³/mol. The molecule has 0 fully saturated rings. The Kier molecular flexibility index (Phi) is 9.10. The van der Waals surface area contributed by atoms with Crippen LogP contribution in [0.1, 0.15) is 44.1 Å². The van der Waals surface area contributed by atoms with E-state index < -0.39 is 0 Å². The molecule has 18 heavy (non-hydrogen) atoms. The summed E-state index contributed by atoms with van der Waals surface area (Å²) in [7, 11) is 5.45. The van der Waals surface area contributed by atoms with Gasteiger partial charge in [-0.1, -0.05) is 66.5 Å². The maximum Gasteiger partial charge on any atom is 0.119 e. The van der Waals surface area contributed by atoms with E-state index in [1.165, 1.54) is 31.2 Å². The zero-order valence-corrected chi connectivity index (χ0v) is 12.6. The van der Waals surface area contributed by atoms with Crippen LogP contribution < -0.4 is 4.74 Å². The summed E-state index contributed by atoms with van der Waals surface area (Å²) in [6, 6.07) is 8.27. The number of alkyl halides is 1. The van der Waals surface area contributed by atoms with Gasteiger partial charge in [0.05, 0.1) is 14.5 Å². The van der Waals surface area contributed by atoms with Crippen molar-refractivity contribution in [1.29, 1.82) is 0 Å². The SMILES string of the molecule is [B]CCCCCCCCOc1ccc(CBr)cc1. The highest BCUT2D eigenvalue weighted by Crippen LogP contribution is 2.15. The van der Waals surface area contributed by atoms with Crippen LogP contribution in [0.25, 0.3) is 0 Å². The van der Waals surface area contributed by atoms with Crippen LogP contribution in [-0.2, 0) is 5.33 Å². The summed E-state index contributed by atoms with van der Waals surface area (Å²) in [5.74, 6) is 0.975. The Hall–Kier alpha value is -0.435. The summed E-state index contributed by atoms with van der Waals surface area (Å²) >= 11 is 3.43. The normalized spacial score (nSPS) is 10.5. The van der Waals surface area contributed by atoms with Crippen LogP contribution >= 0.6 is 15.9 Å². The summed E-state index contributed by atoms with van der Waals surface area (Å²) in [5.41, 5.74) is 1.28. The Morgan fingerprint density at radius 3 is 2.11 bits per heavy atom. The summed E-state index contributed by atoms with van der Waals surface area (Å²) in [6.07, 6.45) is 8.26. The first kappa shape index (κ1) is 15.6. The molecule has 0 saturated carbocycles. The lowest BCUT2D eigenvalue weighted by atomic mass is 9.98. The molecule has 0 bridgehead atoms. The van der Waals surface area contributed by atoms with E-state index in [0.717, 1.165) is 36.8 Å². The molecule has 0 spiro atoms. The average Bonchev–Trinajstić information content (AvgIpc) is 2.42. The van der Waals surface area contributed by atoms with Gasteiger partial charge >= 0.3 is 0 Å². The molecule has 0 aliphatic carbocycles. The average molecular weight is 309 g/mol. The van der Waals surface area contributed by atoms with E-state index in [1.807, 2.05) is 12.1 Å². The Morgan fingerprint density at radius 1 is 0.889 bits per heavy atom. The second kappa shape index (κ2) is 10.5. The lowest BCUT2D eigenvalue weighted by Gasteiger charge is -2.06. The number of hydrogen-bond donors (Lipinski definition) is 0. The van der Waals surface area contributed by atoms with Crippen molar-refractivity contribution in [2.75, 3.05) is 6.61 Å². The van der Waals surface area contributed by atoms with E-state index in [4.69, 9.17) is 12.6 Å². The van der Waals surface area contributed by atoms with Gasteiger partial charge in [0, 0.05) is 5.33 Å². The third-order valence-corrected chi connectivity index (χ3v) is 3.59. The second-order valence-corrected chi connectivity index (χ2v) is 5.10. The van der Waals surface area contributed by atoms with Crippen molar-refractivity contribution in [3.8, 4) is 5.75 Å². The molecule has 1 aromatic carbocycles. The topological polar surface area (TPSA) is 9.23 Å². The van der Waals surface area contributed by atoms with Crippen molar-refractivity contribution in [3.63, 3.8) is 0 Å². The smallest absolute Gasteiger partial charge is 0.119 e. The number of unbranched alkanes of at least 4 members (excludes halogenated alkanes) is 5. The number of halogens is 1. The van der Waals surface area contributed by atoms with Crippen LogP contribution in [0.3, 0.4) is 0 Å². The summed E-state index contributed by atoms with van der Waals surface area (Å²) in [6.45, 7) is 0.824. The Bertz CT molecular complexity index is 300. The number of benzene rings is 1. The zero-order valence-electron chi connectivity index (χ0n) is 11.0. The van der Waals surface area contributed by atoms with Crippen molar-refractivity contribution in [2.45, 2.75) is 50.2 Å². The maximum absolute atomic E-state index is 5.70.